The summed E-state index contributed by atoms with van der Waals surface area (Å²) in [4.78, 5) is 11.6. The molecule has 4 heteroatoms. The van der Waals surface area contributed by atoms with Crippen molar-refractivity contribution >= 4 is 5.97 Å². The molecular weight excluding hydrogens is 242 g/mol. The maximum atomic E-state index is 11.6. The van der Waals surface area contributed by atoms with Gasteiger partial charge in [0.1, 0.15) is 24.0 Å². The minimum Gasteiger partial charge on any atom is -0.487 e. The van der Waals surface area contributed by atoms with Crippen LogP contribution >= 0.6 is 0 Å². The molecule has 106 valence electrons. The number of carbonyl (C=O) groups is 1. The highest BCUT2D eigenvalue weighted by Crippen LogP contribution is 2.18. The summed E-state index contributed by atoms with van der Waals surface area (Å²) >= 11 is 0. The molecule has 0 amide bonds. The van der Waals surface area contributed by atoms with Crippen molar-refractivity contribution in [2.75, 3.05) is 0 Å². The van der Waals surface area contributed by atoms with E-state index in [9.17, 15) is 4.79 Å². The minimum absolute atomic E-state index is 0.154. The number of rotatable bonds is 6. The van der Waals surface area contributed by atoms with Crippen LogP contribution in [0.1, 0.15) is 27.7 Å². The average molecular weight is 265 g/mol. The fourth-order valence-corrected chi connectivity index (χ4v) is 1.80. The first-order valence-electron chi connectivity index (χ1n) is 6.59. The molecule has 0 radical (unpaired) electrons. The van der Waals surface area contributed by atoms with Gasteiger partial charge < -0.3 is 15.2 Å². The summed E-state index contributed by atoms with van der Waals surface area (Å²) in [6.07, 6.45) is -0.552. The molecule has 2 N–H and O–H groups in total. The van der Waals surface area contributed by atoms with Crippen molar-refractivity contribution in [1.29, 1.82) is 0 Å². The molecule has 1 aromatic carbocycles. The lowest BCUT2D eigenvalue weighted by molar-refractivity contribution is -0.157. The zero-order chi connectivity index (χ0) is 14.4. The standard InChI is InChI=1S/C15H23NO3/c1-10(2)14(19-15(17)11(3)16)12(4)18-13-8-6-5-7-9-13/h5-12,14H,16H2,1-4H3/t11-,12+,14-/m0/s1. The summed E-state index contributed by atoms with van der Waals surface area (Å²) in [5.74, 6) is 0.515. The topological polar surface area (TPSA) is 61.5 Å². The van der Waals surface area contributed by atoms with E-state index >= 15 is 0 Å². The molecular formula is C15H23NO3. The van der Waals surface area contributed by atoms with E-state index in [0.29, 0.717) is 0 Å². The number of para-hydroxylation sites is 1. The van der Waals surface area contributed by atoms with Crippen LogP contribution in [0.2, 0.25) is 0 Å². The Morgan fingerprint density at radius 2 is 1.68 bits per heavy atom. The molecule has 0 saturated carbocycles. The lowest BCUT2D eigenvalue weighted by Gasteiger charge is -2.28. The van der Waals surface area contributed by atoms with E-state index in [1.165, 1.54) is 0 Å². The maximum Gasteiger partial charge on any atom is 0.323 e. The predicted molar refractivity (Wildman–Crippen MR) is 74.9 cm³/mol. The Labute approximate surface area is 114 Å². The highest BCUT2D eigenvalue weighted by Gasteiger charge is 2.27. The van der Waals surface area contributed by atoms with E-state index in [-0.39, 0.29) is 18.1 Å². The van der Waals surface area contributed by atoms with Gasteiger partial charge in [-0.15, -0.1) is 0 Å². The van der Waals surface area contributed by atoms with Gasteiger partial charge in [0.05, 0.1) is 0 Å². The monoisotopic (exact) mass is 265 g/mol. The third kappa shape index (κ3) is 4.91. The molecule has 3 atom stereocenters. The van der Waals surface area contributed by atoms with Crippen LogP contribution in [0.5, 0.6) is 5.75 Å². The summed E-state index contributed by atoms with van der Waals surface area (Å²) in [6, 6.07) is 8.86. The summed E-state index contributed by atoms with van der Waals surface area (Å²) in [5, 5.41) is 0. The van der Waals surface area contributed by atoms with Crippen LogP contribution in [0.15, 0.2) is 30.3 Å². The maximum absolute atomic E-state index is 11.6. The number of ether oxygens (including phenoxy) is 2. The fourth-order valence-electron chi connectivity index (χ4n) is 1.80. The van der Waals surface area contributed by atoms with Crippen molar-refractivity contribution in [2.24, 2.45) is 11.7 Å². The van der Waals surface area contributed by atoms with Crippen LogP contribution < -0.4 is 10.5 Å². The Bertz CT molecular complexity index is 390. The number of esters is 1. The predicted octanol–water partition coefficient (Wildman–Crippen LogP) is 2.37. The number of hydrogen-bond donors (Lipinski definition) is 1. The number of nitrogens with two attached hydrogens (primary N) is 1. The van der Waals surface area contributed by atoms with Crippen molar-refractivity contribution < 1.29 is 14.3 Å². The molecule has 0 saturated heterocycles. The summed E-state index contributed by atoms with van der Waals surface area (Å²) in [6.45, 7) is 7.49. The SMILES string of the molecule is CC(C)[C@H](OC(=O)[C@H](C)N)[C@@H](C)Oc1ccccc1. The number of carbonyl (C=O) groups excluding carboxylic acids is 1. The van der Waals surface area contributed by atoms with Gasteiger partial charge in [-0.3, -0.25) is 4.79 Å². The lowest BCUT2D eigenvalue weighted by Crippen LogP contribution is -2.41. The largest absolute Gasteiger partial charge is 0.487 e. The van der Waals surface area contributed by atoms with Crippen molar-refractivity contribution in [3.8, 4) is 5.75 Å². The van der Waals surface area contributed by atoms with Gasteiger partial charge in [0.25, 0.3) is 0 Å². The van der Waals surface area contributed by atoms with Gasteiger partial charge >= 0.3 is 5.97 Å². The average Bonchev–Trinajstić information content (AvgIpc) is 2.36. The molecule has 0 aliphatic heterocycles. The number of benzene rings is 1. The van der Waals surface area contributed by atoms with Gasteiger partial charge in [-0.05, 0) is 31.9 Å². The highest BCUT2D eigenvalue weighted by molar-refractivity contribution is 5.75. The van der Waals surface area contributed by atoms with Crippen molar-refractivity contribution in [3.63, 3.8) is 0 Å². The van der Waals surface area contributed by atoms with E-state index < -0.39 is 12.0 Å². The van der Waals surface area contributed by atoms with Gasteiger partial charge in [0.15, 0.2) is 0 Å². The first-order chi connectivity index (χ1) is 8.91. The highest BCUT2D eigenvalue weighted by atomic mass is 16.6. The van der Waals surface area contributed by atoms with Crippen LogP contribution in [0.4, 0.5) is 0 Å². The van der Waals surface area contributed by atoms with Crippen molar-refractivity contribution in [1.82, 2.24) is 0 Å². The molecule has 19 heavy (non-hydrogen) atoms. The van der Waals surface area contributed by atoms with Crippen LogP contribution in [0, 0.1) is 5.92 Å². The van der Waals surface area contributed by atoms with E-state index in [2.05, 4.69) is 0 Å². The quantitative estimate of drug-likeness (QED) is 0.802. The van der Waals surface area contributed by atoms with Gasteiger partial charge in [0, 0.05) is 0 Å². The van der Waals surface area contributed by atoms with E-state index in [1.54, 1.807) is 6.92 Å². The molecule has 0 bridgehead atoms. The smallest absolute Gasteiger partial charge is 0.323 e. The Hall–Kier alpha value is -1.55. The second kappa shape index (κ2) is 7.14. The summed E-state index contributed by atoms with van der Waals surface area (Å²) in [5.41, 5.74) is 5.52. The zero-order valence-corrected chi connectivity index (χ0v) is 12.0. The minimum atomic E-state index is -0.620. The summed E-state index contributed by atoms with van der Waals surface area (Å²) < 4.78 is 11.2. The van der Waals surface area contributed by atoms with Gasteiger partial charge in [-0.1, -0.05) is 32.0 Å². The fraction of sp³-hybridized carbons (Fsp3) is 0.533. The van der Waals surface area contributed by atoms with Crippen molar-refractivity contribution in [3.05, 3.63) is 30.3 Å². The van der Waals surface area contributed by atoms with E-state index in [1.807, 2.05) is 51.1 Å². The Morgan fingerprint density at radius 1 is 1.11 bits per heavy atom. The molecule has 0 fully saturated rings. The third-order valence-electron chi connectivity index (χ3n) is 2.81. The van der Waals surface area contributed by atoms with Crippen molar-refractivity contribution in [2.45, 2.75) is 45.9 Å². The molecule has 4 nitrogen and oxygen atoms in total. The molecule has 0 heterocycles. The van der Waals surface area contributed by atoms with Gasteiger partial charge in [-0.2, -0.15) is 0 Å². The van der Waals surface area contributed by atoms with Gasteiger partial charge in [0.2, 0.25) is 0 Å². The van der Waals surface area contributed by atoms with Crippen LogP contribution in [0.25, 0.3) is 0 Å². The molecule has 0 unspecified atom stereocenters. The third-order valence-corrected chi connectivity index (χ3v) is 2.81. The van der Waals surface area contributed by atoms with Crippen LogP contribution in [-0.2, 0) is 9.53 Å². The molecule has 1 aromatic rings. The molecule has 0 aliphatic rings. The zero-order valence-electron chi connectivity index (χ0n) is 12.0. The molecule has 0 aromatic heterocycles. The molecule has 0 spiro atoms. The first kappa shape index (κ1) is 15.5. The molecule has 1 rings (SSSR count). The summed E-state index contributed by atoms with van der Waals surface area (Å²) in [7, 11) is 0. The normalized spacial score (nSPS) is 15.7. The Kier molecular flexibility index (Phi) is 5.83. The van der Waals surface area contributed by atoms with Crippen LogP contribution in [-0.4, -0.2) is 24.2 Å². The van der Waals surface area contributed by atoms with E-state index in [0.717, 1.165) is 5.75 Å². The van der Waals surface area contributed by atoms with Crippen LogP contribution in [0.3, 0.4) is 0 Å². The lowest BCUT2D eigenvalue weighted by atomic mass is 10.0. The van der Waals surface area contributed by atoms with E-state index in [4.69, 9.17) is 15.2 Å². The van der Waals surface area contributed by atoms with Gasteiger partial charge in [-0.25, -0.2) is 0 Å². The number of hydrogen-bond acceptors (Lipinski definition) is 4. The Morgan fingerprint density at radius 3 is 2.16 bits per heavy atom. The molecule has 0 aliphatic carbocycles. The Balaban J connectivity index is 2.68. The first-order valence-corrected chi connectivity index (χ1v) is 6.59. The second-order valence-corrected chi connectivity index (χ2v) is 5.07. The second-order valence-electron chi connectivity index (χ2n) is 5.07.